The van der Waals surface area contributed by atoms with E-state index in [0.29, 0.717) is 5.92 Å². The average Bonchev–Trinajstić information content (AvgIpc) is 1.83. The molecule has 0 aliphatic rings. The van der Waals surface area contributed by atoms with Crippen LogP contribution in [-0.4, -0.2) is 12.1 Å². The summed E-state index contributed by atoms with van der Waals surface area (Å²) < 4.78 is 0. The van der Waals surface area contributed by atoms with Crippen LogP contribution in [0.2, 0.25) is 0 Å². The van der Waals surface area contributed by atoms with Crippen molar-refractivity contribution < 1.29 is 0 Å². The third kappa shape index (κ3) is 9.70. The van der Waals surface area contributed by atoms with Gasteiger partial charge in [-0.1, -0.05) is 26.0 Å². The standard InChI is InChI=1S/C11H23N/c1-10(2)8-6-7-9-12-11(3,4)5/h6,8,10,12H,7,9H2,1-5H3. The quantitative estimate of drug-likeness (QED) is 0.504. The molecule has 0 amide bonds. The molecule has 0 bridgehead atoms. The third-order valence-electron chi connectivity index (χ3n) is 1.49. The van der Waals surface area contributed by atoms with Crippen LogP contribution in [0.3, 0.4) is 0 Å². The zero-order valence-corrected chi connectivity index (χ0v) is 9.15. The van der Waals surface area contributed by atoms with E-state index in [1.54, 1.807) is 0 Å². The lowest BCUT2D eigenvalue weighted by atomic mass is 10.1. The van der Waals surface area contributed by atoms with Crippen LogP contribution < -0.4 is 5.32 Å². The van der Waals surface area contributed by atoms with Crippen molar-refractivity contribution in [1.29, 1.82) is 0 Å². The Morgan fingerprint density at radius 3 is 2.25 bits per heavy atom. The Labute approximate surface area is 77.2 Å². The normalized spacial score (nSPS) is 13.2. The molecule has 0 heterocycles. The predicted molar refractivity (Wildman–Crippen MR) is 56.4 cm³/mol. The molecule has 0 spiro atoms. The molecule has 0 aliphatic heterocycles. The highest BCUT2D eigenvalue weighted by Crippen LogP contribution is 1.99. The minimum atomic E-state index is 0.256. The molecule has 0 unspecified atom stereocenters. The first-order valence-corrected chi connectivity index (χ1v) is 4.83. The number of rotatable bonds is 4. The fourth-order valence-corrected chi connectivity index (χ4v) is 0.899. The van der Waals surface area contributed by atoms with Gasteiger partial charge < -0.3 is 5.32 Å². The Hall–Kier alpha value is -0.300. The van der Waals surface area contributed by atoms with Gasteiger partial charge in [-0.2, -0.15) is 0 Å². The van der Waals surface area contributed by atoms with Gasteiger partial charge >= 0.3 is 0 Å². The molecule has 0 radical (unpaired) electrons. The monoisotopic (exact) mass is 169 g/mol. The second-order valence-corrected chi connectivity index (χ2v) is 4.64. The van der Waals surface area contributed by atoms with E-state index in [2.05, 4.69) is 52.1 Å². The maximum Gasteiger partial charge on any atom is 0.00966 e. The second-order valence-electron chi connectivity index (χ2n) is 4.64. The number of nitrogens with one attached hydrogen (secondary N) is 1. The van der Waals surface area contributed by atoms with Crippen molar-refractivity contribution in [1.82, 2.24) is 5.32 Å². The molecular weight excluding hydrogens is 146 g/mol. The zero-order chi connectivity index (χ0) is 9.61. The molecule has 12 heavy (non-hydrogen) atoms. The van der Waals surface area contributed by atoms with Crippen molar-refractivity contribution in [2.75, 3.05) is 6.54 Å². The molecule has 0 aromatic carbocycles. The molecule has 0 aromatic heterocycles. The van der Waals surface area contributed by atoms with E-state index in [-0.39, 0.29) is 5.54 Å². The molecule has 1 N–H and O–H groups in total. The largest absolute Gasteiger partial charge is 0.312 e. The zero-order valence-electron chi connectivity index (χ0n) is 9.15. The highest BCUT2D eigenvalue weighted by atomic mass is 14.9. The Morgan fingerprint density at radius 2 is 1.83 bits per heavy atom. The fraction of sp³-hybridized carbons (Fsp3) is 0.818. The van der Waals surface area contributed by atoms with E-state index < -0.39 is 0 Å². The van der Waals surface area contributed by atoms with Crippen molar-refractivity contribution in [2.24, 2.45) is 5.92 Å². The summed E-state index contributed by atoms with van der Waals surface area (Å²) in [5, 5.41) is 3.44. The topological polar surface area (TPSA) is 12.0 Å². The highest BCUT2D eigenvalue weighted by Gasteiger charge is 2.05. The maximum absolute atomic E-state index is 3.44. The molecule has 1 nitrogen and oxygen atoms in total. The molecule has 0 atom stereocenters. The van der Waals surface area contributed by atoms with Gasteiger partial charge in [-0.3, -0.25) is 0 Å². The first kappa shape index (κ1) is 11.7. The SMILES string of the molecule is CC(C)C=CCCNC(C)(C)C. The minimum absolute atomic E-state index is 0.256. The fourth-order valence-electron chi connectivity index (χ4n) is 0.899. The van der Waals surface area contributed by atoms with Crippen LogP contribution in [-0.2, 0) is 0 Å². The van der Waals surface area contributed by atoms with E-state index in [1.807, 2.05) is 0 Å². The molecule has 0 fully saturated rings. The first-order chi connectivity index (χ1) is 5.42. The van der Waals surface area contributed by atoms with Gasteiger partial charge in [0, 0.05) is 5.54 Å². The van der Waals surface area contributed by atoms with Crippen LogP contribution in [0.5, 0.6) is 0 Å². The third-order valence-corrected chi connectivity index (χ3v) is 1.49. The van der Waals surface area contributed by atoms with Gasteiger partial charge in [0.15, 0.2) is 0 Å². The predicted octanol–water partition coefficient (Wildman–Crippen LogP) is 2.98. The van der Waals surface area contributed by atoms with Crippen molar-refractivity contribution in [3.8, 4) is 0 Å². The minimum Gasteiger partial charge on any atom is -0.312 e. The van der Waals surface area contributed by atoms with Crippen LogP contribution in [0.15, 0.2) is 12.2 Å². The molecule has 0 rings (SSSR count). The average molecular weight is 169 g/mol. The summed E-state index contributed by atoms with van der Waals surface area (Å²) in [6, 6.07) is 0. The summed E-state index contributed by atoms with van der Waals surface area (Å²) in [6.45, 7) is 12.1. The summed E-state index contributed by atoms with van der Waals surface area (Å²) in [5.74, 6) is 0.680. The summed E-state index contributed by atoms with van der Waals surface area (Å²) in [6.07, 6.45) is 5.64. The van der Waals surface area contributed by atoms with Crippen LogP contribution >= 0.6 is 0 Å². The molecule has 1 heteroatoms. The summed E-state index contributed by atoms with van der Waals surface area (Å²) >= 11 is 0. The second kappa shape index (κ2) is 5.36. The van der Waals surface area contributed by atoms with Crippen LogP contribution in [0.4, 0.5) is 0 Å². The van der Waals surface area contributed by atoms with E-state index in [1.165, 1.54) is 0 Å². The van der Waals surface area contributed by atoms with E-state index in [9.17, 15) is 0 Å². The Balaban J connectivity index is 3.34. The molecule has 0 saturated carbocycles. The molecular formula is C11H23N. The summed E-state index contributed by atoms with van der Waals surface area (Å²) in [4.78, 5) is 0. The lowest BCUT2D eigenvalue weighted by Crippen LogP contribution is -2.36. The van der Waals surface area contributed by atoms with Gasteiger partial charge in [0.25, 0.3) is 0 Å². The molecule has 0 saturated heterocycles. The lowest BCUT2D eigenvalue weighted by molar-refractivity contribution is 0.431. The van der Waals surface area contributed by atoms with Gasteiger partial charge in [-0.15, -0.1) is 0 Å². The van der Waals surface area contributed by atoms with Gasteiger partial charge in [-0.25, -0.2) is 0 Å². The highest BCUT2D eigenvalue weighted by molar-refractivity contribution is 4.85. The molecule has 0 aromatic rings. The van der Waals surface area contributed by atoms with Crippen LogP contribution in [0.25, 0.3) is 0 Å². The van der Waals surface area contributed by atoms with E-state index in [0.717, 1.165) is 13.0 Å². The van der Waals surface area contributed by atoms with Crippen LogP contribution in [0, 0.1) is 5.92 Å². The Bertz CT molecular complexity index is 128. The van der Waals surface area contributed by atoms with E-state index in [4.69, 9.17) is 0 Å². The van der Waals surface area contributed by atoms with Gasteiger partial charge in [0.2, 0.25) is 0 Å². The van der Waals surface area contributed by atoms with E-state index >= 15 is 0 Å². The number of hydrogen-bond donors (Lipinski definition) is 1. The summed E-state index contributed by atoms with van der Waals surface area (Å²) in [7, 11) is 0. The van der Waals surface area contributed by atoms with Crippen molar-refractivity contribution in [2.45, 2.75) is 46.6 Å². The first-order valence-electron chi connectivity index (χ1n) is 4.83. The maximum atomic E-state index is 3.44. The van der Waals surface area contributed by atoms with Crippen molar-refractivity contribution >= 4 is 0 Å². The number of hydrogen-bond acceptors (Lipinski definition) is 1. The van der Waals surface area contributed by atoms with Gasteiger partial charge in [0.05, 0.1) is 0 Å². The van der Waals surface area contributed by atoms with Gasteiger partial charge in [-0.05, 0) is 39.7 Å². The Morgan fingerprint density at radius 1 is 1.25 bits per heavy atom. The van der Waals surface area contributed by atoms with Gasteiger partial charge in [0.1, 0.15) is 0 Å². The Kier molecular flexibility index (Phi) is 5.23. The van der Waals surface area contributed by atoms with Crippen molar-refractivity contribution in [3.05, 3.63) is 12.2 Å². The van der Waals surface area contributed by atoms with Crippen molar-refractivity contribution in [3.63, 3.8) is 0 Å². The molecule has 72 valence electrons. The smallest absolute Gasteiger partial charge is 0.00966 e. The lowest BCUT2D eigenvalue weighted by Gasteiger charge is -2.19. The van der Waals surface area contributed by atoms with Crippen LogP contribution in [0.1, 0.15) is 41.0 Å². The summed E-state index contributed by atoms with van der Waals surface area (Å²) in [5.41, 5.74) is 0.256. The number of allylic oxidation sites excluding steroid dienone is 1. The molecule has 0 aliphatic carbocycles.